The number of fused-ring (bicyclic) bond motifs is 3. The van der Waals surface area contributed by atoms with Gasteiger partial charge in [0.25, 0.3) is 5.91 Å². The number of phenols is 1. The van der Waals surface area contributed by atoms with Crippen LogP contribution in [0.5, 0.6) is 5.75 Å². The zero-order chi connectivity index (χ0) is 33.6. The number of carbonyl (C=O) groups is 3. The van der Waals surface area contributed by atoms with E-state index in [4.69, 9.17) is 5.73 Å². The summed E-state index contributed by atoms with van der Waals surface area (Å²) >= 11 is 0. The number of benzene rings is 1. The molecule has 7 N–H and O–H groups in total. The zero-order valence-electron chi connectivity index (χ0n) is 27.0. The van der Waals surface area contributed by atoms with Crippen molar-refractivity contribution in [1.29, 1.82) is 0 Å². The van der Waals surface area contributed by atoms with Gasteiger partial charge in [-0.1, -0.05) is 38.2 Å². The first kappa shape index (κ1) is 32.7. The van der Waals surface area contributed by atoms with E-state index in [0.29, 0.717) is 29.9 Å². The highest BCUT2D eigenvalue weighted by atomic mass is 16.3. The van der Waals surface area contributed by atoms with Gasteiger partial charge in [0, 0.05) is 42.4 Å². The molecule has 0 unspecified atom stereocenters. The second kappa shape index (κ2) is 12.8. The van der Waals surface area contributed by atoms with Crippen molar-refractivity contribution in [3.8, 4) is 5.75 Å². The van der Waals surface area contributed by atoms with Crippen LogP contribution in [0.4, 0.5) is 0 Å². The molecule has 0 bridgehead atoms. The molecule has 2 amide bonds. The van der Waals surface area contributed by atoms with E-state index in [-0.39, 0.29) is 47.1 Å². The summed E-state index contributed by atoms with van der Waals surface area (Å²) in [5, 5.41) is 49.4. The molecule has 250 valence electrons. The number of nitrogens with one attached hydrogen (secondary N) is 1. The molecule has 4 aliphatic carbocycles. The van der Waals surface area contributed by atoms with Gasteiger partial charge >= 0.3 is 0 Å². The lowest BCUT2D eigenvalue weighted by Gasteiger charge is -2.51. The van der Waals surface area contributed by atoms with Crippen LogP contribution in [-0.4, -0.2) is 73.6 Å². The van der Waals surface area contributed by atoms with Gasteiger partial charge in [-0.05, 0) is 74.9 Å². The third-order valence-electron chi connectivity index (χ3n) is 10.9. The molecule has 1 aromatic heterocycles. The zero-order valence-corrected chi connectivity index (χ0v) is 27.0. The molecule has 0 radical (unpaired) electrons. The maximum atomic E-state index is 14.3. The molecule has 4 aliphatic rings. The summed E-state index contributed by atoms with van der Waals surface area (Å²) in [4.78, 5) is 45.1. The van der Waals surface area contributed by atoms with Crippen molar-refractivity contribution in [3.05, 3.63) is 75.3 Å². The number of aromatic hydroxyl groups is 1. The molecule has 1 heterocycles. The van der Waals surface area contributed by atoms with Crippen LogP contribution in [-0.2, 0) is 29.0 Å². The molecule has 4 atom stereocenters. The Morgan fingerprint density at radius 3 is 2.53 bits per heavy atom. The van der Waals surface area contributed by atoms with Gasteiger partial charge in [0.1, 0.15) is 22.9 Å². The third-order valence-corrected chi connectivity index (χ3v) is 10.9. The van der Waals surface area contributed by atoms with E-state index < -0.39 is 47.3 Å². The molecule has 2 saturated carbocycles. The van der Waals surface area contributed by atoms with Crippen LogP contribution >= 0.6 is 0 Å². The Morgan fingerprint density at radius 2 is 1.87 bits per heavy atom. The van der Waals surface area contributed by atoms with Crippen LogP contribution < -0.4 is 11.1 Å². The predicted octanol–water partition coefficient (Wildman–Crippen LogP) is 3.62. The first-order valence-electron chi connectivity index (χ1n) is 16.6. The summed E-state index contributed by atoms with van der Waals surface area (Å²) in [6, 6.07) is 4.36. The van der Waals surface area contributed by atoms with Gasteiger partial charge in [0.15, 0.2) is 5.78 Å². The number of aliphatic hydroxyl groups excluding tert-OH is 2. The number of phenolic OH excluding ortho intramolecular Hbond substituents is 1. The number of amides is 2. The van der Waals surface area contributed by atoms with E-state index in [0.717, 1.165) is 30.4 Å². The lowest BCUT2D eigenvalue weighted by molar-refractivity contribution is -0.151. The van der Waals surface area contributed by atoms with Crippen LogP contribution in [0.15, 0.2) is 47.5 Å². The number of aryl methyl sites for hydroxylation is 1. The molecule has 6 rings (SSSR count). The number of aliphatic hydroxyl groups is 3. The topological polar surface area (TPSA) is 186 Å². The Balaban J connectivity index is 1.41. The standard InChI is InChI=1S/C36H44N4O7/c1-40(2)29-26-15-22-14-24-20(11-10-19-7-4-3-5-8-19)13-23(18-39-35(46)21-9-6-12-38-17-21)30(41)28(24)32(43)27(22)33(44)36(26,47)16-25(31(29)42)34(37)45/h6,9,12-13,17,19,22,26,29,41-43,47H,3-5,7-8,10-11,14-16,18H2,1-2H3,(H2,37,45)(H,39,46)/t22-,26-,29-,36-/m0/s1. The number of hydrogen-bond donors (Lipinski definition) is 6. The number of primary amides is 1. The van der Waals surface area contributed by atoms with E-state index in [1.54, 1.807) is 37.3 Å². The average molecular weight is 645 g/mol. The Hall–Kier alpha value is -4.22. The molecule has 11 heteroatoms. The van der Waals surface area contributed by atoms with Crippen LogP contribution in [0.3, 0.4) is 0 Å². The molecule has 11 nitrogen and oxygen atoms in total. The molecule has 47 heavy (non-hydrogen) atoms. The Morgan fingerprint density at radius 1 is 1.13 bits per heavy atom. The first-order valence-corrected chi connectivity index (χ1v) is 16.6. The van der Waals surface area contributed by atoms with Crippen LogP contribution in [0.1, 0.15) is 84.0 Å². The molecule has 2 aromatic rings. The smallest absolute Gasteiger partial charge is 0.253 e. The largest absolute Gasteiger partial charge is 0.510 e. The van der Waals surface area contributed by atoms with Gasteiger partial charge in [-0.3, -0.25) is 24.3 Å². The van der Waals surface area contributed by atoms with E-state index >= 15 is 0 Å². The fraction of sp³-hybridized carbons (Fsp3) is 0.500. The molecule has 0 saturated heterocycles. The van der Waals surface area contributed by atoms with Crippen molar-refractivity contribution in [2.45, 2.75) is 82.4 Å². The molecule has 2 fully saturated rings. The molecule has 0 spiro atoms. The number of rotatable bonds is 8. The van der Waals surface area contributed by atoms with Gasteiger partial charge in [0.05, 0.1) is 22.7 Å². The molecular formula is C36H44N4O7. The minimum atomic E-state index is -2.10. The fourth-order valence-corrected chi connectivity index (χ4v) is 8.51. The predicted molar refractivity (Wildman–Crippen MR) is 174 cm³/mol. The summed E-state index contributed by atoms with van der Waals surface area (Å²) < 4.78 is 0. The number of aromatic nitrogens is 1. The number of pyridine rings is 1. The summed E-state index contributed by atoms with van der Waals surface area (Å²) in [6.07, 6.45) is 10.8. The number of likely N-dealkylation sites (N-methyl/N-ethyl adjacent to an activating group) is 1. The molecule has 1 aromatic carbocycles. The minimum absolute atomic E-state index is 0.00374. The molecule has 0 aliphatic heterocycles. The van der Waals surface area contributed by atoms with Crippen molar-refractivity contribution in [2.24, 2.45) is 23.5 Å². The SMILES string of the molecule is CN(C)[C@@H]1C(O)=C(C(N)=O)C[C@@]2(O)C(=O)C3=C(O)c4c(O)c(CNC(=O)c5cccnc5)cc(CCC5CCCCC5)c4C[C@H]3C[C@@H]12. The average Bonchev–Trinajstić information content (AvgIpc) is 3.05. The van der Waals surface area contributed by atoms with Crippen LogP contribution in [0, 0.1) is 17.8 Å². The number of Topliss-reactive ketones (excluding diaryl/α,β-unsaturated/α-hetero) is 1. The van der Waals surface area contributed by atoms with E-state index in [1.807, 2.05) is 6.07 Å². The summed E-state index contributed by atoms with van der Waals surface area (Å²) in [5.74, 6) is -3.59. The number of nitrogens with two attached hydrogens (primary N) is 1. The number of ketones is 1. The van der Waals surface area contributed by atoms with Gasteiger partial charge in [-0.25, -0.2) is 0 Å². The maximum Gasteiger partial charge on any atom is 0.253 e. The minimum Gasteiger partial charge on any atom is -0.510 e. The van der Waals surface area contributed by atoms with E-state index in [2.05, 4.69) is 10.3 Å². The van der Waals surface area contributed by atoms with Crippen molar-refractivity contribution in [1.82, 2.24) is 15.2 Å². The summed E-state index contributed by atoms with van der Waals surface area (Å²) in [6.45, 7) is -0.0220. The van der Waals surface area contributed by atoms with Crippen molar-refractivity contribution in [3.63, 3.8) is 0 Å². The van der Waals surface area contributed by atoms with Crippen LogP contribution in [0.2, 0.25) is 0 Å². The highest BCUT2D eigenvalue weighted by molar-refractivity contribution is 6.10. The van der Waals surface area contributed by atoms with E-state index in [1.165, 1.54) is 25.5 Å². The highest BCUT2D eigenvalue weighted by Crippen LogP contribution is 2.53. The fourth-order valence-electron chi connectivity index (χ4n) is 8.51. The normalized spacial score (nSPS) is 26.1. The number of hydrogen-bond acceptors (Lipinski definition) is 9. The Kier molecular flexibility index (Phi) is 8.88. The second-order valence-corrected chi connectivity index (χ2v) is 13.9. The summed E-state index contributed by atoms with van der Waals surface area (Å²) in [5.41, 5.74) is 5.86. The lowest BCUT2D eigenvalue weighted by atomic mass is 9.57. The van der Waals surface area contributed by atoms with Gasteiger partial charge in [-0.15, -0.1) is 0 Å². The molecular weight excluding hydrogens is 600 g/mol. The third kappa shape index (κ3) is 5.80. The van der Waals surface area contributed by atoms with Crippen molar-refractivity contribution < 1.29 is 34.8 Å². The Bertz CT molecular complexity index is 1660. The van der Waals surface area contributed by atoms with Gasteiger partial charge in [0.2, 0.25) is 5.91 Å². The highest BCUT2D eigenvalue weighted by Gasteiger charge is 2.60. The monoisotopic (exact) mass is 644 g/mol. The van der Waals surface area contributed by atoms with Gasteiger partial charge in [-0.2, -0.15) is 0 Å². The number of carbonyl (C=O) groups excluding carboxylic acids is 3. The maximum absolute atomic E-state index is 14.3. The lowest BCUT2D eigenvalue weighted by Crippen LogP contribution is -2.62. The Labute approximate surface area is 274 Å². The second-order valence-electron chi connectivity index (χ2n) is 13.9. The quantitative estimate of drug-likeness (QED) is 0.250. The van der Waals surface area contributed by atoms with Crippen LogP contribution in [0.25, 0.3) is 5.76 Å². The van der Waals surface area contributed by atoms with E-state index in [9.17, 15) is 34.8 Å². The first-order chi connectivity index (χ1) is 22.4. The summed E-state index contributed by atoms with van der Waals surface area (Å²) in [7, 11) is 3.40. The van der Waals surface area contributed by atoms with Gasteiger partial charge < -0.3 is 31.5 Å². The van der Waals surface area contributed by atoms with Crippen molar-refractivity contribution in [2.75, 3.05) is 14.1 Å². The number of nitrogens with zero attached hydrogens (tertiary/aromatic N) is 2. The van der Waals surface area contributed by atoms with Crippen molar-refractivity contribution >= 4 is 23.4 Å².